The summed E-state index contributed by atoms with van der Waals surface area (Å²) in [6.07, 6.45) is 2.88. The number of rotatable bonds is 6. The molecule has 3 N–H and O–H groups in total. The summed E-state index contributed by atoms with van der Waals surface area (Å²) in [5.74, 6) is -0.622. The van der Waals surface area contributed by atoms with Crippen molar-refractivity contribution in [3.8, 4) is 11.5 Å². The molecule has 0 atom stereocenters. The van der Waals surface area contributed by atoms with Crippen LogP contribution in [0.4, 0.5) is 0 Å². The number of pyridine rings is 1. The van der Waals surface area contributed by atoms with Crippen LogP contribution >= 0.6 is 0 Å². The Balaban J connectivity index is 1.81. The first-order valence-electron chi connectivity index (χ1n) is 6.98. The van der Waals surface area contributed by atoms with E-state index in [9.17, 15) is 14.7 Å². The molecule has 0 fully saturated rings. The Labute approximate surface area is 138 Å². The summed E-state index contributed by atoms with van der Waals surface area (Å²) in [4.78, 5) is 27.2. The minimum Gasteiger partial charge on any atom is -0.504 e. The SMILES string of the molecule is COc1cc(C=NNC(=O)CNC(=O)c2ccccn2)ccc1O. The topological polar surface area (TPSA) is 113 Å². The second-order valence-electron chi connectivity index (χ2n) is 4.62. The number of carbonyl (C=O) groups excluding carboxylic acids is 2. The van der Waals surface area contributed by atoms with Crippen molar-refractivity contribution >= 4 is 18.0 Å². The Kier molecular flexibility index (Phi) is 5.84. The maximum Gasteiger partial charge on any atom is 0.270 e. The number of methoxy groups -OCH3 is 1. The lowest BCUT2D eigenvalue weighted by atomic mass is 10.2. The van der Waals surface area contributed by atoms with Crippen molar-refractivity contribution in [2.45, 2.75) is 0 Å². The number of carbonyl (C=O) groups is 2. The molecule has 24 heavy (non-hydrogen) atoms. The van der Waals surface area contributed by atoms with E-state index in [1.165, 1.54) is 25.6 Å². The van der Waals surface area contributed by atoms with Crippen LogP contribution in [0.3, 0.4) is 0 Å². The minimum atomic E-state index is -0.485. The average molecular weight is 328 g/mol. The van der Waals surface area contributed by atoms with Gasteiger partial charge in [-0.05, 0) is 35.9 Å². The zero-order valence-electron chi connectivity index (χ0n) is 12.9. The van der Waals surface area contributed by atoms with Crippen LogP contribution in [0.2, 0.25) is 0 Å². The van der Waals surface area contributed by atoms with Gasteiger partial charge in [0, 0.05) is 6.20 Å². The molecule has 124 valence electrons. The Morgan fingerprint density at radius 3 is 2.88 bits per heavy atom. The van der Waals surface area contributed by atoms with E-state index in [2.05, 4.69) is 20.8 Å². The van der Waals surface area contributed by atoms with Crippen LogP contribution in [-0.4, -0.2) is 41.8 Å². The molecule has 2 aromatic rings. The zero-order valence-corrected chi connectivity index (χ0v) is 12.9. The first-order chi connectivity index (χ1) is 11.6. The minimum absolute atomic E-state index is 0.0101. The number of hydrogen-bond donors (Lipinski definition) is 3. The van der Waals surface area contributed by atoms with Crippen LogP contribution < -0.4 is 15.5 Å². The number of amides is 2. The highest BCUT2D eigenvalue weighted by Gasteiger charge is 2.08. The molecule has 8 heteroatoms. The molecular weight excluding hydrogens is 312 g/mol. The summed E-state index contributed by atoms with van der Waals surface area (Å²) in [6, 6.07) is 9.54. The third-order valence-corrected chi connectivity index (χ3v) is 2.91. The number of hydrogen-bond acceptors (Lipinski definition) is 6. The Hall–Kier alpha value is -3.42. The van der Waals surface area contributed by atoms with E-state index in [0.29, 0.717) is 11.3 Å². The van der Waals surface area contributed by atoms with E-state index in [0.717, 1.165) is 0 Å². The molecule has 8 nitrogen and oxygen atoms in total. The molecule has 1 aromatic carbocycles. The van der Waals surface area contributed by atoms with Gasteiger partial charge in [-0.2, -0.15) is 5.10 Å². The van der Waals surface area contributed by atoms with Crippen LogP contribution in [0.25, 0.3) is 0 Å². The zero-order chi connectivity index (χ0) is 17.4. The molecule has 0 aliphatic carbocycles. The number of aromatic nitrogens is 1. The molecule has 0 bridgehead atoms. The van der Waals surface area contributed by atoms with Crippen LogP contribution in [0.15, 0.2) is 47.7 Å². The fraction of sp³-hybridized carbons (Fsp3) is 0.125. The summed E-state index contributed by atoms with van der Waals surface area (Å²) in [6.45, 7) is -0.231. The van der Waals surface area contributed by atoms with Gasteiger partial charge in [-0.15, -0.1) is 0 Å². The number of ether oxygens (including phenoxy) is 1. The van der Waals surface area contributed by atoms with Crippen molar-refractivity contribution in [2.75, 3.05) is 13.7 Å². The van der Waals surface area contributed by atoms with E-state index in [-0.39, 0.29) is 18.0 Å². The number of benzene rings is 1. The molecular formula is C16H16N4O4. The lowest BCUT2D eigenvalue weighted by Crippen LogP contribution is -2.35. The molecule has 0 saturated heterocycles. The number of nitrogens with zero attached hydrogens (tertiary/aromatic N) is 2. The van der Waals surface area contributed by atoms with Gasteiger partial charge in [-0.1, -0.05) is 6.07 Å². The van der Waals surface area contributed by atoms with Crippen LogP contribution in [0, 0.1) is 0 Å². The second-order valence-corrected chi connectivity index (χ2v) is 4.62. The van der Waals surface area contributed by atoms with Crippen molar-refractivity contribution < 1.29 is 19.4 Å². The average Bonchev–Trinajstić information content (AvgIpc) is 2.61. The molecule has 0 radical (unpaired) electrons. The molecule has 2 rings (SSSR count). The van der Waals surface area contributed by atoms with Crippen molar-refractivity contribution in [2.24, 2.45) is 5.10 Å². The van der Waals surface area contributed by atoms with Gasteiger partial charge in [0.05, 0.1) is 19.9 Å². The van der Waals surface area contributed by atoms with Crippen molar-refractivity contribution in [1.82, 2.24) is 15.7 Å². The highest BCUT2D eigenvalue weighted by atomic mass is 16.5. The fourth-order valence-corrected chi connectivity index (χ4v) is 1.74. The van der Waals surface area contributed by atoms with Gasteiger partial charge < -0.3 is 15.2 Å². The first kappa shape index (κ1) is 16.9. The van der Waals surface area contributed by atoms with Crippen molar-refractivity contribution in [1.29, 1.82) is 0 Å². The Bertz CT molecular complexity index is 747. The maximum absolute atomic E-state index is 11.7. The predicted molar refractivity (Wildman–Crippen MR) is 87.0 cm³/mol. The molecule has 0 unspecified atom stereocenters. The van der Waals surface area contributed by atoms with E-state index >= 15 is 0 Å². The summed E-state index contributed by atoms with van der Waals surface area (Å²) < 4.78 is 4.97. The summed E-state index contributed by atoms with van der Waals surface area (Å²) in [5, 5.41) is 15.7. The summed E-state index contributed by atoms with van der Waals surface area (Å²) in [5.41, 5.74) is 3.14. The van der Waals surface area contributed by atoms with Crippen molar-refractivity contribution in [3.63, 3.8) is 0 Å². The molecule has 2 amide bonds. The Morgan fingerprint density at radius 2 is 2.17 bits per heavy atom. The summed E-state index contributed by atoms with van der Waals surface area (Å²) in [7, 11) is 1.43. The quantitative estimate of drug-likeness (QED) is 0.533. The standard InChI is InChI=1S/C16H16N4O4/c1-24-14-8-11(5-6-13(14)21)9-19-20-15(22)10-18-16(23)12-4-2-3-7-17-12/h2-9,21H,10H2,1H3,(H,18,23)(H,20,22). The van der Waals surface area contributed by atoms with Crippen LogP contribution in [-0.2, 0) is 4.79 Å². The maximum atomic E-state index is 11.7. The third kappa shape index (κ3) is 4.80. The number of phenols is 1. The van der Waals surface area contributed by atoms with Gasteiger partial charge in [0.15, 0.2) is 11.5 Å². The highest BCUT2D eigenvalue weighted by molar-refractivity contribution is 5.94. The third-order valence-electron chi connectivity index (χ3n) is 2.91. The van der Waals surface area contributed by atoms with Crippen LogP contribution in [0.1, 0.15) is 16.1 Å². The van der Waals surface area contributed by atoms with Crippen LogP contribution in [0.5, 0.6) is 11.5 Å². The number of nitrogens with one attached hydrogen (secondary N) is 2. The first-order valence-corrected chi connectivity index (χ1v) is 6.98. The lowest BCUT2D eigenvalue weighted by Gasteiger charge is -2.04. The van der Waals surface area contributed by atoms with E-state index in [1.807, 2.05) is 0 Å². The van der Waals surface area contributed by atoms with Gasteiger partial charge >= 0.3 is 0 Å². The number of hydrazone groups is 1. The smallest absolute Gasteiger partial charge is 0.270 e. The highest BCUT2D eigenvalue weighted by Crippen LogP contribution is 2.25. The lowest BCUT2D eigenvalue weighted by molar-refractivity contribution is -0.120. The number of phenolic OH excluding ortho intramolecular Hbond substituents is 1. The molecule has 0 saturated carbocycles. The largest absolute Gasteiger partial charge is 0.504 e. The monoisotopic (exact) mass is 328 g/mol. The summed E-state index contributed by atoms with van der Waals surface area (Å²) >= 11 is 0. The van der Waals surface area contributed by atoms with E-state index in [1.54, 1.807) is 30.3 Å². The second kappa shape index (κ2) is 8.28. The van der Waals surface area contributed by atoms with Gasteiger partial charge in [0.1, 0.15) is 5.69 Å². The molecule has 0 spiro atoms. The number of aromatic hydroxyl groups is 1. The molecule has 1 aromatic heterocycles. The van der Waals surface area contributed by atoms with Gasteiger partial charge in [0.2, 0.25) is 0 Å². The molecule has 0 aliphatic rings. The van der Waals surface area contributed by atoms with Gasteiger partial charge in [-0.25, -0.2) is 5.43 Å². The van der Waals surface area contributed by atoms with Gasteiger partial charge in [0.25, 0.3) is 11.8 Å². The van der Waals surface area contributed by atoms with E-state index < -0.39 is 11.8 Å². The fourth-order valence-electron chi connectivity index (χ4n) is 1.74. The predicted octanol–water partition coefficient (Wildman–Crippen LogP) is 0.676. The van der Waals surface area contributed by atoms with Gasteiger partial charge in [-0.3, -0.25) is 14.6 Å². The van der Waals surface area contributed by atoms with E-state index in [4.69, 9.17) is 4.74 Å². The molecule has 1 heterocycles. The van der Waals surface area contributed by atoms with Crippen molar-refractivity contribution in [3.05, 3.63) is 53.9 Å². The Morgan fingerprint density at radius 1 is 1.33 bits per heavy atom. The molecule has 0 aliphatic heterocycles. The normalized spacial score (nSPS) is 10.4.